The molecule has 1 saturated heterocycles. The zero-order valence-corrected chi connectivity index (χ0v) is 16.0. The van der Waals surface area contributed by atoms with Gasteiger partial charge in [0.25, 0.3) is 0 Å². The molecule has 0 amide bonds. The zero-order valence-electron chi connectivity index (χ0n) is 15.2. The van der Waals surface area contributed by atoms with E-state index < -0.39 is 9.84 Å². The second kappa shape index (κ2) is 7.12. The monoisotopic (exact) mass is 379 g/mol. The van der Waals surface area contributed by atoms with Crippen molar-refractivity contribution in [2.24, 2.45) is 0 Å². The van der Waals surface area contributed by atoms with E-state index in [2.05, 4.69) is 14.9 Å². The van der Waals surface area contributed by atoms with Gasteiger partial charge in [0, 0.05) is 24.7 Å². The molecule has 0 unspecified atom stereocenters. The Morgan fingerprint density at radius 1 is 0.889 bits per heavy atom. The molecule has 0 atom stereocenters. The molecule has 27 heavy (non-hydrogen) atoms. The number of hydrogen-bond donors (Lipinski definition) is 0. The van der Waals surface area contributed by atoms with E-state index in [9.17, 15) is 8.42 Å². The first-order valence-corrected chi connectivity index (χ1v) is 10.5. The van der Waals surface area contributed by atoms with Crippen molar-refractivity contribution < 1.29 is 8.42 Å². The van der Waals surface area contributed by atoms with Crippen LogP contribution in [0.5, 0.6) is 0 Å². The van der Waals surface area contributed by atoms with Gasteiger partial charge in [0.2, 0.25) is 9.84 Å². The van der Waals surface area contributed by atoms with E-state index in [1.54, 1.807) is 30.3 Å². The molecule has 0 N–H and O–H groups in total. The van der Waals surface area contributed by atoms with E-state index in [1.807, 2.05) is 37.3 Å². The Bertz CT molecular complexity index is 1040. The molecule has 1 aliphatic heterocycles. The van der Waals surface area contributed by atoms with Crippen LogP contribution in [-0.4, -0.2) is 31.5 Å². The third kappa shape index (κ3) is 3.57. The molecule has 5 nitrogen and oxygen atoms in total. The summed E-state index contributed by atoms with van der Waals surface area (Å²) in [6.07, 6.45) is 2.18. The molecule has 3 aromatic rings. The Kier molecular flexibility index (Phi) is 4.66. The topological polar surface area (TPSA) is 63.2 Å². The summed E-state index contributed by atoms with van der Waals surface area (Å²) in [5.41, 5.74) is 1.82. The van der Waals surface area contributed by atoms with Gasteiger partial charge in [0.05, 0.1) is 4.90 Å². The van der Waals surface area contributed by atoms with Crippen LogP contribution in [0.3, 0.4) is 0 Å². The van der Waals surface area contributed by atoms with Crippen molar-refractivity contribution in [2.45, 2.75) is 29.7 Å². The average molecular weight is 379 g/mol. The lowest BCUT2D eigenvalue weighted by Gasteiger charge is -2.18. The van der Waals surface area contributed by atoms with Gasteiger partial charge < -0.3 is 4.90 Å². The molecule has 0 aliphatic carbocycles. The number of rotatable bonds is 4. The summed E-state index contributed by atoms with van der Waals surface area (Å²) in [6, 6.07) is 18.0. The normalized spacial score (nSPS) is 14.5. The van der Waals surface area contributed by atoms with Crippen LogP contribution < -0.4 is 4.90 Å². The number of benzene rings is 2. The predicted octanol–water partition coefficient (Wildman–Crippen LogP) is 3.89. The second-order valence-corrected chi connectivity index (χ2v) is 8.66. The molecule has 4 rings (SSSR count). The molecule has 1 aliphatic rings. The van der Waals surface area contributed by atoms with E-state index in [4.69, 9.17) is 0 Å². The van der Waals surface area contributed by atoms with Crippen LogP contribution in [0.15, 0.2) is 70.6 Å². The molecule has 0 bridgehead atoms. The first-order valence-electron chi connectivity index (χ1n) is 9.05. The Morgan fingerprint density at radius 3 is 2.22 bits per heavy atom. The molecule has 6 heteroatoms. The molecular formula is C21H21N3O2S. The van der Waals surface area contributed by atoms with Gasteiger partial charge in [-0.25, -0.2) is 18.4 Å². The summed E-state index contributed by atoms with van der Waals surface area (Å²) in [5.74, 6) is 1.11. The molecule has 0 radical (unpaired) electrons. The van der Waals surface area contributed by atoms with E-state index in [1.165, 1.54) is 0 Å². The molecular weight excluding hydrogens is 358 g/mol. The minimum absolute atomic E-state index is 0.0436. The van der Waals surface area contributed by atoms with Gasteiger partial charge in [0.15, 0.2) is 10.9 Å². The summed E-state index contributed by atoms with van der Waals surface area (Å²) in [4.78, 5) is 11.5. The van der Waals surface area contributed by atoms with E-state index in [0.717, 1.165) is 37.1 Å². The van der Waals surface area contributed by atoms with Gasteiger partial charge in [-0.15, -0.1) is 0 Å². The molecule has 1 aromatic heterocycles. The highest BCUT2D eigenvalue weighted by Gasteiger charge is 2.24. The molecule has 2 aromatic carbocycles. The fourth-order valence-electron chi connectivity index (χ4n) is 3.21. The first kappa shape index (κ1) is 17.7. The van der Waals surface area contributed by atoms with Crippen molar-refractivity contribution in [1.29, 1.82) is 0 Å². The second-order valence-electron chi connectivity index (χ2n) is 6.76. The van der Waals surface area contributed by atoms with Crippen LogP contribution >= 0.6 is 0 Å². The van der Waals surface area contributed by atoms with E-state index in [0.29, 0.717) is 11.6 Å². The number of sulfone groups is 1. The largest absolute Gasteiger partial charge is 0.356 e. The van der Waals surface area contributed by atoms with Crippen molar-refractivity contribution in [1.82, 2.24) is 9.97 Å². The lowest BCUT2D eigenvalue weighted by Crippen LogP contribution is -2.20. The van der Waals surface area contributed by atoms with E-state index >= 15 is 0 Å². The summed E-state index contributed by atoms with van der Waals surface area (Å²) in [7, 11) is -3.72. The maximum atomic E-state index is 13.2. The zero-order chi connectivity index (χ0) is 18.9. The number of aryl methyl sites for hydroxylation is 1. The highest BCUT2D eigenvalue weighted by Crippen LogP contribution is 2.28. The highest BCUT2D eigenvalue weighted by atomic mass is 32.2. The Morgan fingerprint density at radius 2 is 1.56 bits per heavy atom. The summed E-state index contributed by atoms with van der Waals surface area (Å²) in [6.45, 7) is 3.70. The lowest BCUT2D eigenvalue weighted by molar-refractivity contribution is 0.592. The van der Waals surface area contributed by atoms with Gasteiger partial charge in [-0.3, -0.25) is 0 Å². The smallest absolute Gasteiger partial charge is 0.224 e. The SMILES string of the molecule is Cc1ccc(S(=O)(=O)c2cc(N3CCCC3)nc(-c3ccccc3)n2)cc1. The van der Waals surface area contributed by atoms with Crippen LogP contribution in [0.1, 0.15) is 18.4 Å². The minimum atomic E-state index is -3.72. The first-order chi connectivity index (χ1) is 13.0. The van der Waals surface area contributed by atoms with Crippen LogP contribution in [0.2, 0.25) is 0 Å². The van der Waals surface area contributed by atoms with Crippen molar-refractivity contribution in [3.8, 4) is 11.4 Å². The number of aromatic nitrogens is 2. The Hall–Kier alpha value is -2.73. The molecule has 138 valence electrons. The highest BCUT2D eigenvalue weighted by molar-refractivity contribution is 7.91. The Labute approximate surface area is 159 Å². The van der Waals surface area contributed by atoms with Crippen LogP contribution in [0, 0.1) is 6.92 Å². The summed E-state index contributed by atoms with van der Waals surface area (Å²) in [5, 5.41) is 0.0436. The maximum Gasteiger partial charge on any atom is 0.224 e. The van der Waals surface area contributed by atoms with Gasteiger partial charge >= 0.3 is 0 Å². The molecule has 2 heterocycles. The predicted molar refractivity (Wildman–Crippen MR) is 106 cm³/mol. The van der Waals surface area contributed by atoms with Crippen molar-refractivity contribution in [3.63, 3.8) is 0 Å². The molecule has 1 fully saturated rings. The fraction of sp³-hybridized carbons (Fsp3) is 0.238. The van der Waals surface area contributed by atoms with Gasteiger partial charge in [-0.05, 0) is 31.9 Å². The van der Waals surface area contributed by atoms with Gasteiger partial charge in [-0.2, -0.15) is 0 Å². The van der Waals surface area contributed by atoms with Crippen molar-refractivity contribution >= 4 is 15.7 Å². The molecule has 0 spiro atoms. The Balaban J connectivity index is 1.86. The number of anilines is 1. The standard InChI is InChI=1S/C21H21N3O2S/c1-16-9-11-18(12-10-16)27(25,26)20-15-19(24-13-5-6-14-24)22-21(23-20)17-7-3-2-4-8-17/h2-4,7-12,15H,5-6,13-14H2,1H3. The number of nitrogens with zero attached hydrogens (tertiary/aromatic N) is 3. The van der Waals surface area contributed by atoms with Crippen LogP contribution in [0.4, 0.5) is 5.82 Å². The third-order valence-electron chi connectivity index (χ3n) is 4.76. The third-order valence-corrected chi connectivity index (χ3v) is 6.41. The van der Waals surface area contributed by atoms with Crippen LogP contribution in [-0.2, 0) is 9.84 Å². The van der Waals surface area contributed by atoms with Crippen molar-refractivity contribution in [2.75, 3.05) is 18.0 Å². The van der Waals surface area contributed by atoms with Crippen molar-refractivity contribution in [3.05, 3.63) is 66.2 Å². The van der Waals surface area contributed by atoms with Gasteiger partial charge in [0.1, 0.15) is 5.82 Å². The number of hydrogen-bond acceptors (Lipinski definition) is 5. The quantitative estimate of drug-likeness (QED) is 0.644. The molecule has 0 saturated carbocycles. The summed E-state index contributed by atoms with van der Waals surface area (Å²) >= 11 is 0. The van der Waals surface area contributed by atoms with E-state index in [-0.39, 0.29) is 9.92 Å². The maximum absolute atomic E-state index is 13.2. The fourth-order valence-corrected chi connectivity index (χ4v) is 4.42. The van der Waals surface area contributed by atoms with Gasteiger partial charge in [-0.1, -0.05) is 48.0 Å². The minimum Gasteiger partial charge on any atom is -0.356 e. The lowest BCUT2D eigenvalue weighted by atomic mass is 10.2. The summed E-state index contributed by atoms with van der Waals surface area (Å²) < 4.78 is 26.4. The van der Waals surface area contributed by atoms with Crippen LogP contribution in [0.25, 0.3) is 11.4 Å². The average Bonchev–Trinajstić information content (AvgIpc) is 3.24.